The lowest BCUT2D eigenvalue weighted by Gasteiger charge is -2.22. The number of pyridine rings is 1. The van der Waals surface area contributed by atoms with Gasteiger partial charge in [-0.3, -0.25) is 9.69 Å². The molecule has 4 rings (SSSR count). The Kier molecular flexibility index (Phi) is 5.93. The molecule has 0 bridgehead atoms. The first-order valence-corrected chi connectivity index (χ1v) is 11.4. The number of amides is 1. The van der Waals surface area contributed by atoms with Gasteiger partial charge in [0.05, 0.1) is 16.6 Å². The SMILES string of the molecule is Cc1ccc(CN2CC[C@H](CN(C)C(=O)c3cc(C(C)C)nc4onc(C)c34)C2)s1. The number of carbonyl (C=O) groups is 1. The van der Waals surface area contributed by atoms with Gasteiger partial charge in [-0.15, -0.1) is 11.3 Å². The average molecular weight is 427 g/mol. The Morgan fingerprint density at radius 1 is 1.37 bits per heavy atom. The van der Waals surface area contributed by atoms with Gasteiger partial charge in [-0.25, -0.2) is 4.98 Å². The zero-order chi connectivity index (χ0) is 21.4. The fourth-order valence-electron chi connectivity index (χ4n) is 4.25. The van der Waals surface area contributed by atoms with E-state index < -0.39 is 0 Å². The molecule has 30 heavy (non-hydrogen) atoms. The summed E-state index contributed by atoms with van der Waals surface area (Å²) in [6, 6.07) is 6.33. The van der Waals surface area contributed by atoms with Crippen LogP contribution in [-0.2, 0) is 6.54 Å². The van der Waals surface area contributed by atoms with Gasteiger partial charge in [0, 0.05) is 42.1 Å². The van der Waals surface area contributed by atoms with Crippen molar-refractivity contribution in [2.75, 3.05) is 26.7 Å². The lowest BCUT2D eigenvalue weighted by atomic mass is 10.0. The number of aryl methyl sites for hydroxylation is 2. The molecule has 0 aliphatic carbocycles. The van der Waals surface area contributed by atoms with E-state index in [1.54, 1.807) is 0 Å². The molecule has 0 N–H and O–H groups in total. The Labute approximate surface area is 181 Å². The second-order valence-corrected chi connectivity index (χ2v) is 10.2. The smallest absolute Gasteiger partial charge is 0.259 e. The molecule has 1 amide bonds. The monoisotopic (exact) mass is 426 g/mol. The Hall–Kier alpha value is -2.25. The molecule has 4 heterocycles. The molecule has 1 atom stereocenters. The van der Waals surface area contributed by atoms with E-state index in [0.29, 0.717) is 22.9 Å². The molecule has 0 spiro atoms. The van der Waals surface area contributed by atoms with Gasteiger partial charge in [0.2, 0.25) is 0 Å². The zero-order valence-corrected chi connectivity index (χ0v) is 19.3. The van der Waals surface area contributed by atoms with Crippen molar-refractivity contribution in [3.05, 3.63) is 44.9 Å². The van der Waals surface area contributed by atoms with Gasteiger partial charge in [-0.2, -0.15) is 0 Å². The number of aromatic nitrogens is 2. The number of hydrogen-bond acceptors (Lipinski definition) is 6. The third kappa shape index (κ3) is 4.27. The molecule has 3 aromatic heterocycles. The van der Waals surface area contributed by atoms with Crippen LogP contribution < -0.4 is 0 Å². The van der Waals surface area contributed by atoms with Crippen LogP contribution in [0.4, 0.5) is 0 Å². The van der Waals surface area contributed by atoms with Crippen molar-refractivity contribution < 1.29 is 9.32 Å². The van der Waals surface area contributed by atoms with E-state index in [2.05, 4.69) is 47.9 Å². The van der Waals surface area contributed by atoms with E-state index in [4.69, 9.17) is 4.52 Å². The Morgan fingerprint density at radius 3 is 2.87 bits per heavy atom. The molecule has 0 unspecified atom stereocenters. The highest BCUT2D eigenvalue weighted by atomic mass is 32.1. The van der Waals surface area contributed by atoms with Crippen molar-refractivity contribution >= 4 is 28.3 Å². The molecular weight excluding hydrogens is 396 g/mol. The standard InChI is InChI=1S/C23H30N4O2S/c1-14(2)20-10-19(21-16(4)25-29-22(21)24-20)23(28)26(5)11-17-8-9-27(12-17)13-18-7-6-15(3)30-18/h6-7,10,14,17H,8-9,11-13H2,1-5H3/t17-/m1/s1. The number of carbonyl (C=O) groups excluding carboxylic acids is 1. The van der Waals surface area contributed by atoms with E-state index in [-0.39, 0.29) is 11.8 Å². The minimum absolute atomic E-state index is 0.0166. The molecule has 1 saturated heterocycles. The summed E-state index contributed by atoms with van der Waals surface area (Å²) in [5.41, 5.74) is 2.67. The summed E-state index contributed by atoms with van der Waals surface area (Å²) in [6.07, 6.45) is 1.12. The number of nitrogens with zero attached hydrogens (tertiary/aromatic N) is 4. The fourth-order valence-corrected chi connectivity index (χ4v) is 5.18. The number of fused-ring (bicyclic) bond motifs is 1. The van der Waals surface area contributed by atoms with Crippen LogP contribution in [0.5, 0.6) is 0 Å². The first-order valence-electron chi connectivity index (χ1n) is 10.6. The first kappa shape index (κ1) is 21.0. The highest BCUT2D eigenvalue weighted by Crippen LogP contribution is 2.27. The summed E-state index contributed by atoms with van der Waals surface area (Å²) >= 11 is 1.87. The van der Waals surface area contributed by atoms with Crippen molar-refractivity contribution in [1.82, 2.24) is 19.9 Å². The van der Waals surface area contributed by atoms with E-state index in [0.717, 1.165) is 43.7 Å². The minimum atomic E-state index is 0.0166. The van der Waals surface area contributed by atoms with Crippen LogP contribution in [0.1, 0.15) is 57.7 Å². The molecule has 3 aromatic rings. The second-order valence-electron chi connectivity index (χ2n) is 8.79. The van der Waals surface area contributed by atoms with Gasteiger partial charge in [0.1, 0.15) is 0 Å². The maximum Gasteiger partial charge on any atom is 0.259 e. The zero-order valence-electron chi connectivity index (χ0n) is 18.4. The van der Waals surface area contributed by atoms with Crippen LogP contribution in [0.15, 0.2) is 22.7 Å². The van der Waals surface area contributed by atoms with Crippen LogP contribution in [0.25, 0.3) is 11.1 Å². The quantitative estimate of drug-likeness (QED) is 0.576. The van der Waals surface area contributed by atoms with E-state index in [9.17, 15) is 4.79 Å². The molecule has 1 fully saturated rings. The van der Waals surface area contributed by atoms with Crippen LogP contribution in [-0.4, -0.2) is 52.5 Å². The lowest BCUT2D eigenvalue weighted by molar-refractivity contribution is 0.0775. The first-order chi connectivity index (χ1) is 14.3. The minimum Gasteiger partial charge on any atom is -0.341 e. The summed E-state index contributed by atoms with van der Waals surface area (Å²) in [7, 11) is 1.90. The topological polar surface area (TPSA) is 62.5 Å². The highest BCUT2D eigenvalue weighted by molar-refractivity contribution is 7.11. The average Bonchev–Trinajstić information content (AvgIpc) is 3.42. The van der Waals surface area contributed by atoms with Crippen molar-refractivity contribution in [2.24, 2.45) is 5.92 Å². The predicted molar refractivity (Wildman–Crippen MR) is 120 cm³/mol. The number of rotatable bonds is 6. The molecule has 0 radical (unpaired) electrons. The number of hydrogen-bond donors (Lipinski definition) is 0. The maximum atomic E-state index is 13.4. The maximum absolute atomic E-state index is 13.4. The normalized spacial score (nSPS) is 17.3. The van der Waals surface area contributed by atoms with Gasteiger partial charge in [0.15, 0.2) is 0 Å². The molecule has 1 aliphatic rings. The predicted octanol–water partition coefficient (Wildman–Crippen LogP) is 4.62. The van der Waals surface area contributed by atoms with E-state index in [1.807, 2.05) is 36.3 Å². The van der Waals surface area contributed by atoms with Gasteiger partial charge in [0.25, 0.3) is 11.6 Å². The van der Waals surface area contributed by atoms with Crippen LogP contribution in [0.2, 0.25) is 0 Å². The summed E-state index contributed by atoms with van der Waals surface area (Å²) < 4.78 is 5.38. The third-order valence-electron chi connectivity index (χ3n) is 5.88. The van der Waals surface area contributed by atoms with Gasteiger partial charge in [-0.1, -0.05) is 19.0 Å². The van der Waals surface area contributed by atoms with Gasteiger partial charge in [-0.05, 0) is 56.8 Å². The van der Waals surface area contributed by atoms with Crippen LogP contribution in [0.3, 0.4) is 0 Å². The molecule has 160 valence electrons. The lowest BCUT2D eigenvalue weighted by Crippen LogP contribution is -2.33. The van der Waals surface area contributed by atoms with Crippen molar-refractivity contribution in [1.29, 1.82) is 0 Å². The number of thiophene rings is 1. The summed E-state index contributed by atoms with van der Waals surface area (Å²) in [6.45, 7) is 12.0. The van der Waals surface area contributed by atoms with Crippen molar-refractivity contribution in [3.63, 3.8) is 0 Å². The fraction of sp³-hybridized carbons (Fsp3) is 0.522. The molecule has 0 saturated carbocycles. The summed E-state index contributed by atoms with van der Waals surface area (Å²) in [5.74, 6) is 0.717. The molecule has 0 aromatic carbocycles. The van der Waals surface area contributed by atoms with Crippen LogP contribution in [0, 0.1) is 19.8 Å². The Balaban J connectivity index is 1.46. The molecule has 1 aliphatic heterocycles. The van der Waals surface area contributed by atoms with Crippen LogP contribution >= 0.6 is 11.3 Å². The van der Waals surface area contributed by atoms with Crippen molar-refractivity contribution in [3.8, 4) is 0 Å². The Bertz CT molecular complexity index is 1050. The largest absolute Gasteiger partial charge is 0.341 e. The van der Waals surface area contributed by atoms with Crippen molar-refractivity contribution in [2.45, 2.75) is 46.6 Å². The Morgan fingerprint density at radius 2 is 2.17 bits per heavy atom. The summed E-state index contributed by atoms with van der Waals surface area (Å²) in [5, 5.41) is 4.77. The third-order valence-corrected chi connectivity index (χ3v) is 6.87. The summed E-state index contributed by atoms with van der Waals surface area (Å²) in [4.78, 5) is 25.0. The van der Waals surface area contributed by atoms with E-state index >= 15 is 0 Å². The second kappa shape index (κ2) is 8.47. The molecule has 6 nitrogen and oxygen atoms in total. The van der Waals surface area contributed by atoms with E-state index in [1.165, 1.54) is 9.75 Å². The molecular formula is C23H30N4O2S. The van der Waals surface area contributed by atoms with Gasteiger partial charge < -0.3 is 9.42 Å². The van der Waals surface area contributed by atoms with Gasteiger partial charge >= 0.3 is 0 Å². The number of likely N-dealkylation sites (tertiary alicyclic amines) is 1. The molecule has 7 heteroatoms. The highest BCUT2D eigenvalue weighted by Gasteiger charge is 2.27.